The second-order valence-electron chi connectivity index (χ2n) is 4.58. The second kappa shape index (κ2) is 6.40. The van der Waals surface area contributed by atoms with Gasteiger partial charge in [0.15, 0.2) is 0 Å². The van der Waals surface area contributed by atoms with E-state index in [4.69, 9.17) is 5.73 Å². The van der Waals surface area contributed by atoms with Gasteiger partial charge in [-0.3, -0.25) is 4.79 Å². The molecule has 1 unspecified atom stereocenters. The fourth-order valence-electron chi connectivity index (χ4n) is 1.70. The Bertz CT molecular complexity index is 376. The van der Waals surface area contributed by atoms with E-state index in [0.29, 0.717) is 13.0 Å². The Morgan fingerprint density at radius 1 is 1.47 bits per heavy atom. The summed E-state index contributed by atoms with van der Waals surface area (Å²) in [6.07, 6.45) is 1.34. The summed E-state index contributed by atoms with van der Waals surface area (Å²) in [5, 5.41) is 0. The van der Waals surface area contributed by atoms with Gasteiger partial charge < -0.3 is 10.6 Å². The Labute approximate surface area is 104 Å². The van der Waals surface area contributed by atoms with Crippen LogP contribution >= 0.6 is 0 Å². The zero-order chi connectivity index (χ0) is 12.8. The third-order valence-corrected chi connectivity index (χ3v) is 3.11. The first-order valence-electron chi connectivity index (χ1n) is 6.06. The maximum Gasteiger partial charge on any atom is 0.222 e. The molecule has 17 heavy (non-hydrogen) atoms. The summed E-state index contributed by atoms with van der Waals surface area (Å²) in [6.45, 7) is 4.53. The molecule has 94 valence electrons. The normalized spacial score (nSPS) is 12.2. The third-order valence-electron chi connectivity index (χ3n) is 3.11. The van der Waals surface area contributed by atoms with Crippen LogP contribution in [0.3, 0.4) is 0 Å². The highest BCUT2D eigenvalue weighted by molar-refractivity contribution is 5.76. The number of carbonyl (C=O) groups excluding carboxylic acids is 1. The van der Waals surface area contributed by atoms with Crippen molar-refractivity contribution in [3.8, 4) is 0 Å². The highest BCUT2D eigenvalue weighted by Gasteiger charge is 2.13. The minimum atomic E-state index is 0.111. The quantitative estimate of drug-likeness (QED) is 0.843. The molecule has 0 fully saturated rings. The number of benzene rings is 1. The van der Waals surface area contributed by atoms with Crippen LogP contribution in [0.4, 0.5) is 0 Å². The summed E-state index contributed by atoms with van der Waals surface area (Å²) in [6, 6.07) is 8.39. The van der Waals surface area contributed by atoms with Crippen molar-refractivity contribution in [2.45, 2.75) is 32.7 Å². The number of hydrogen-bond acceptors (Lipinski definition) is 2. The smallest absolute Gasteiger partial charge is 0.222 e. The first kappa shape index (κ1) is 13.7. The number of aryl methyl sites for hydroxylation is 2. The van der Waals surface area contributed by atoms with Crippen LogP contribution in [0.1, 0.15) is 24.5 Å². The van der Waals surface area contributed by atoms with Gasteiger partial charge >= 0.3 is 0 Å². The van der Waals surface area contributed by atoms with Crippen molar-refractivity contribution in [3.05, 3.63) is 35.4 Å². The van der Waals surface area contributed by atoms with E-state index < -0.39 is 0 Å². The van der Waals surface area contributed by atoms with Crippen molar-refractivity contribution in [1.29, 1.82) is 0 Å². The number of nitrogens with zero attached hydrogens (tertiary/aromatic N) is 1. The lowest BCUT2D eigenvalue weighted by Gasteiger charge is -2.23. The Hall–Kier alpha value is -1.35. The van der Waals surface area contributed by atoms with E-state index >= 15 is 0 Å². The summed E-state index contributed by atoms with van der Waals surface area (Å²) in [5.41, 5.74) is 7.99. The van der Waals surface area contributed by atoms with Gasteiger partial charge in [-0.05, 0) is 25.8 Å². The van der Waals surface area contributed by atoms with Gasteiger partial charge in [-0.25, -0.2) is 0 Å². The first-order chi connectivity index (χ1) is 8.04. The molecule has 0 bridgehead atoms. The molecular formula is C14H22N2O. The van der Waals surface area contributed by atoms with E-state index in [0.717, 1.165) is 6.42 Å². The van der Waals surface area contributed by atoms with Crippen LogP contribution < -0.4 is 5.73 Å². The van der Waals surface area contributed by atoms with E-state index in [9.17, 15) is 4.79 Å². The molecule has 2 N–H and O–H groups in total. The molecule has 0 radical (unpaired) electrons. The molecule has 0 saturated heterocycles. The molecule has 3 heteroatoms. The molecule has 1 amide bonds. The number of carbonyl (C=O) groups is 1. The van der Waals surface area contributed by atoms with E-state index in [1.165, 1.54) is 11.1 Å². The molecule has 1 atom stereocenters. The summed E-state index contributed by atoms with van der Waals surface area (Å²) >= 11 is 0. The Morgan fingerprint density at radius 2 is 2.18 bits per heavy atom. The predicted octanol–water partition coefficient (Wildman–Crippen LogP) is 1.73. The molecule has 3 nitrogen and oxygen atoms in total. The van der Waals surface area contributed by atoms with Crippen LogP contribution in [-0.4, -0.2) is 30.4 Å². The third kappa shape index (κ3) is 4.19. The Kier molecular flexibility index (Phi) is 5.16. The molecule has 0 aliphatic rings. The van der Waals surface area contributed by atoms with Crippen LogP contribution in [0.25, 0.3) is 0 Å². The van der Waals surface area contributed by atoms with Crippen LogP contribution in [0.2, 0.25) is 0 Å². The average Bonchev–Trinajstić information content (AvgIpc) is 2.34. The summed E-state index contributed by atoms with van der Waals surface area (Å²) < 4.78 is 0. The Morgan fingerprint density at radius 3 is 2.76 bits per heavy atom. The highest BCUT2D eigenvalue weighted by atomic mass is 16.2. The van der Waals surface area contributed by atoms with E-state index in [-0.39, 0.29) is 11.9 Å². The van der Waals surface area contributed by atoms with Gasteiger partial charge in [0, 0.05) is 26.1 Å². The van der Waals surface area contributed by atoms with E-state index in [1.54, 1.807) is 4.90 Å². The molecule has 0 saturated carbocycles. The number of nitrogens with two attached hydrogens (primary N) is 1. The number of hydrogen-bond donors (Lipinski definition) is 1. The number of likely N-dealkylation sites (N-methyl/N-ethyl adjacent to an activating group) is 1. The van der Waals surface area contributed by atoms with E-state index in [2.05, 4.69) is 25.1 Å². The molecule has 1 aromatic rings. The van der Waals surface area contributed by atoms with Crippen molar-refractivity contribution in [2.75, 3.05) is 13.6 Å². The maximum absolute atomic E-state index is 11.9. The van der Waals surface area contributed by atoms with Gasteiger partial charge in [-0.2, -0.15) is 0 Å². The van der Waals surface area contributed by atoms with Gasteiger partial charge in [0.2, 0.25) is 5.91 Å². The summed E-state index contributed by atoms with van der Waals surface area (Å²) in [5.74, 6) is 0.157. The second-order valence-corrected chi connectivity index (χ2v) is 4.58. The van der Waals surface area contributed by atoms with Crippen molar-refractivity contribution < 1.29 is 4.79 Å². The first-order valence-corrected chi connectivity index (χ1v) is 6.06. The van der Waals surface area contributed by atoms with Crippen molar-refractivity contribution >= 4 is 5.91 Å². The molecule has 0 aliphatic heterocycles. The van der Waals surface area contributed by atoms with Gasteiger partial charge in [0.05, 0.1) is 0 Å². The minimum absolute atomic E-state index is 0.111. The molecule has 0 aliphatic carbocycles. The summed E-state index contributed by atoms with van der Waals surface area (Å²) in [7, 11) is 1.82. The molecule has 1 aromatic carbocycles. The number of amides is 1. The van der Waals surface area contributed by atoms with Crippen molar-refractivity contribution in [2.24, 2.45) is 5.73 Å². The Balaban J connectivity index is 2.48. The average molecular weight is 234 g/mol. The lowest BCUT2D eigenvalue weighted by molar-refractivity contribution is -0.131. The molecular weight excluding hydrogens is 212 g/mol. The lowest BCUT2D eigenvalue weighted by Crippen LogP contribution is -2.39. The zero-order valence-corrected chi connectivity index (χ0v) is 10.9. The van der Waals surface area contributed by atoms with Gasteiger partial charge in [0.1, 0.15) is 0 Å². The van der Waals surface area contributed by atoms with Crippen LogP contribution in [0.15, 0.2) is 24.3 Å². The molecule has 0 spiro atoms. The fraction of sp³-hybridized carbons (Fsp3) is 0.500. The van der Waals surface area contributed by atoms with Gasteiger partial charge in [0.25, 0.3) is 0 Å². The predicted molar refractivity (Wildman–Crippen MR) is 70.8 cm³/mol. The fourth-order valence-corrected chi connectivity index (χ4v) is 1.70. The maximum atomic E-state index is 11.9. The van der Waals surface area contributed by atoms with Crippen molar-refractivity contribution in [1.82, 2.24) is 4.90 Å². The van der Waals surface area contributed by atoms with Crippen molar-refractivity contribution in [3.63, 3.8) is 0 Å². The van der Waals surface area contributed by atoms with Gasteiger partial charge in [-0.15, -0.1) is 0 Å². The lowest BCUT2D eigenvalue weighted by atomic mass is 10.1. The SMILES string of the molecule is Cc1cccc(CCC(=O)N(C)C(C)CN)c1. The topological polar surface area (TPSA) is 46.3 Å². The molecule has 0 aromatic heterocycles. The van der Waals surface area contributed by atoms with Crippen LogP contribution in [0, 0.1) is 6.92 Å². The van der Waals surface area contributed by atoms with E-state index in [1.807, 2.05) is 20.0 Å². The van der Waals surface area contributed by atoms with Crippen LogP contribution in [-0.2, 0) is 11.2 Å². The minimum Gasteiger partial charge on any atom is -0.342 e. The zero-order valence-electron chi connectivity index (χ0n) is 10.9. The van der Waals surface area contributed by atoms with Crippen LogP contribution in [0.5, 0.6) is 0 Å². The molecule has 0 heterocycles. The number of rotatable bonds is 5. The van der Waals surface area contributed by atoms with Gasteiger partial charge in [-0.1, -0.05) is 29.8 Å². The molecule has 1 rings (SSSR count). The largest absolute Gasteiger partial charge is 0.342 e. The summed E-state index contributed by atoms with van der Waals surface area (Å²) in [4.78, 5) is 13.6. The standard InChI is InChI=1S/C14H22N2O/c1-11-5-4-6-13(9-11)7-8-14(17)16(3)12(2)10-15/h4-6,9,12H,7-8,10,15H2,1-3H3. The highest BCUT2D eigenvalue weighted by Crippen LogP contribution is 2.08. The monoisotopic (exact) mass is 234 g/mol.